The number of fused-ring (bicyclic) bond motifs is 12. The lowest BCUT2D eigenvalue weighted by atomic mass is 10.0. The van der Waals surface area contributed by atoms with Crippen LogP contribution in [0.1, 0.15) is 0 Å². The molecule has 12 aromatic rings. The molecule has 5 nitrogen and oxygen atoms in total. The van der Waals surface area contributed by atoms with E-state index < -0.39 is 0 Å². The van der Waals surface area contributed by atoms with Gasteiger partial charge in [0.05, 0.1) is 38.7 Å². The Morgan fingerprint density at radius 2 is 1.00 bits per heavy atom. The number of hydrogen-bond donors (Lipinski definition) is 0. The summed E-state index contributed by atoms with van der Waals surface area (Å²) < 4.78 is 11.3. The van der Waals surface area contributed by atoms with E-state index in [-0.39, 0.29) is 0 Å². The van der Waals surface area contributed by atoms with Crippen LogP contribution in [0.4, 0.5) is 0 Å². The minimum Gasteiger partial charge on any atom is -0.456 e. The van der Waals surface area contributed by atoms with Crippen LogP contribution in [0, 0.1) is 0 Å². The average Bonchev–Trinajstić information content (AvgIpc) is 3.91. The Morgan fingerprint density at radius 3 is 1.82 bits per heavy atom. The lowest BCUT2D eigenvalue weighted by Gasteiger charge is -2.12. The van der Waals surface area contributed by atoms with Gasteiger partial charge < -0.3 is 13.6 Å². The molecule has 0 amide bonds. The molecule has 256 valence electrons. The summed E-state index contributed by atoms with van der Waals surface area (Å²) in [4.78, 5) is 10.2. The summed E-state index contributed by atoms with van der Waals surface area (Å²) in [7, 11) is 0. The molecule has 0 N–H and O–H groups in total. The Balaban J connectivity index is 1.15. The summed E-state index contributed by atoms with van der Waals surface area (Å²) in [5.74, 6) is 0.699. The van der Waals surface area contributed by atoms with Crippen LogP contribution in [0.2, 0.25) is 0 Å². The van der Waals surface area contributed by atoms with Crippen LogP contribution in [-0.2, 0) is 0 Å². The minimum atomic E-state index is 0.699. The fourth-order valence-corrected chi connectivity index (χ4v) is 8.77. The van der Waals surface area contributed by atoms with Crippen LogP contribution in [0.25, 0.3) is 110 Å². The van der Waals surface area contributed by atoms with Crippen LogP contribution in [0.5, 0.6) is 0 Å². The van der Waals surface area contributed by atoms with Crippen molar-refractivity contribution in [3.63, 3.8) is 0 Å². The molecule has 0 atom stereocenters. The van der Waals surface area contributed by atoms with Gasteiger partial charge in [0.1, 0.15) is 11.2 Å². The molecule has 8 aromatic carbocycles. The van der Waals surface area contributed by atoms with Crippen LogP contribution >= 0.6 is 0 Å². The number of hydrogen-bond acceptors (Lipinski definition) is 3. The molecule has 4 aromatic heterocycles. The number of furan rings is 1. The van der Waals surface area contributed by atoms with Crippen molar-refractivity contribution in [2.75, 3.05) is 0 Å². The number of para-hydroxylation sites is 4. The largest absolute Gasteiger partial charge is 0.456 e. The van der Waals surface area contributed by atoms with Crippen molar-refractivity contribution in [1.82, 2.24) is 19.1 Å². The second-order valence-electron chi connectivity index (χ2n) is 14.1. The van der Waals surface area contributed by atoms with Crippen molar-refractivity contribution >= 4 is 76.5 Å². The van der Waals surface area contributed by atoms with Crippen molar-refractivity contribution in [3.05, 3.63) is 182 Å². The van der Waals surface area contributed by atoms with Gasteiger partial charge >= 0.3 is 0 Å². The summed E-state index contributed by atoms with van der Waals surface area (Å²) in [5, 5.41) is 8.12. The Morgan fingerprint density at radius 1 is 0.364 bits per heavy atom. The Labute approximate surface area is 315 Å². The predicted molar refractivity (Wildman–Crippen MR) is 226 cm³/mol. The van der Waals surface area contributed by atoms with Gasteiger partial charge in [0.25, 0.3) is 0 Å². The summed E-state index contributed by atoms with van der Waals surface area (Å²) in [6, 6.07) is 64.1. The molecule has 0 fully saturated rings. The highest BCUT2D eigenvalue weighted by Gasteiger charge is 2.24. The summed E-state index contributed by atoms with van der Waals surface area (Å²) in [6.07, 6.45) is 0. The van der Waals surface area contributed by atoms with Gasteiger partial charge in [-0.25, -0.2) is 9.97 Å². The number of aromatic nitrogens is 4. The normalized spacial score (nSPS) is 12.0. The van der Waals surface area contributed by atoms with Crippen LogP contribution < -0.4 is 0 Å². The fourth-order valence-electron chi connectivity index (χ4n) is 8.77. The first kappa shape index (κ1) is 30.0. The zero-order valence-corrected chi connectivity index (χ0v) is 29.5. The number of nitrogens with zero attached hydrogens (tertiary/aromatic N) is 4. The third-order valence-corrected chi connectivity index (χ3v) is 11.1. The third kappa shape index (κ3) is 4.35. The Hall–Kier alpha value is -7.50. The molecule has 12 rings (SSSR count). The van der Waals surface area contributed by atoms with Crippen LogP contribution in [-0.4, -0.2) is 19.1 Å². The smallest absolute Gasteiger partial charge is 0.160 e. The molecule has 0 saturated heterocycles. The fraction of sp³-hybridized carbons (Fsp3) is 0. The monoisotopic (exact) mass is 702 g/mol. The van der Waals surface area contributed by atoms with E-state index in [0.29, 0.717) is 5.82 Å². The molecular weight excluding hydrogens is 673 g/mol. The second kappa shape index (κ2) is 11.5. The first-order valence-corrected chi connectivity index (χ1v) is 18.6. The van der Waals surface area contributed by atoms with Gasteiger partial charge in [0, 0.05) is 54.8 Å². The van der Waals surface area contributed by atoms with E-state index in [9.17, 15) is 0 Å². The minimum absolute atomic E-state index is 0.699. The molecule has 0 aliphatic heterocycles. The molecule has 0 spiro atoms. The van der Waals surface area contributed by atoms with Gasteiger partial charge in [-0.05, 0) is 78.9 Å². The van der Waals surface area contributed by atoms with E-state index in [1.807, 2.05) is 24.3 Å². The van der Waals surface area contributed by atoms with Crippen molar-refractivity contribution < 1.29 is 4.42 Å². The number of benzene rings is 8. The molecule has 0 aliphatic rings. The highest BCUT2D eigenvalue weighted by molar-refractivity contribution is 6.33. The standard InChI is InChI=1S/C50H30N4O/c1-3-13-31(14-4-1)48-35-17-7-10-20-39(35)51-50(52-48)32-23-25-34(26-24-32)54-42-29-28-41-45(36-18-8-11-21-40(36)53(41)33-15-5-2-6-16-33)46(42)38-27-30-44-47(49(38)54)37-19-9-12-22-43(37)55-44/h1-30H. The van der Waals surface area contributed by atoms with Crippen molar-refractivity contribution in [3.8, 4) is 34.0 Å². The van der Waals surface area contributed by atoms with Gasteiger partial charge in [-0.1, -0.05) is 103 Å². The van der Waals surface area contributed by atoms with Crippen LogP contribution in [0.15, 0.2) is 186 Å². The van der Waals surface area contributed by atoms with E-state index in [1.54, 1.807) is 0 Å². The predicted octanol–water partition coefficient (Wildman–Crippen LogP) is 13.1. The van der Waals surface area contributed by atoms with Gasteiger partial charge in [-0.2, -0.15) is 0 Å². The maximum atomic E-state index is 6.49. The maximum Gasteiger partial charge on any atom is 0.160 e. The quantitative estimate of drug-likeness (QED) is 0.183. The van der Waals surface area contributed by atoms with E-state index >= 15 is 0 Å². The van der Waals surface area contributed by atoms with E-state index in [0.717, 1.165) is 72.1 Å². The van der Waals surface area contributed by atoms with Crippen LogP contribution in [0.3, 0.4) is 0 Å². The Bertz CT molecular complexity index is 3470. The lowest BCUT2D eigenvalue weighted by molar-refractivity contribution is 0.669. The first-order chi connectivity index (χ1) is 27.3. The van der Waals surface area contributed by atoms with Gasteiger partial charge in [0.15, 0.2) is 5.82 Å². The SMILES string of the molecule is c1ccc(-c2nc(-c3ccc(-n4c5ccc6c(c7ccccc7n6-c6ccccc6)c5c5ccc6oc7ccccc7c6c54)cc3)nc3ccccc23)cc1. The molecule has 0 saturated carbocycles. The average molecular weight is 703 g/mol. The maximum absolute atomic E-state index is 6.49. The summed E-state index contributed by atoms with van der Waals surface area (Å²) in [5.41, 5.74) is 12.4. The summed E-state index contributed by atoms with van der Waals surface area (Å²) >= 11 is 0. The van der Waals surface area contributed by atoms with E-state index in [1.165, 1.54) is 32.6 Å². The zero-order chi connectivity index (χ0) is 36.0. The molecule has 4 heterocycles. The van der Waals surface area contributed by atoms with Gasteiger partial charge in [-0.15, -0.1) is 0 Å². The number of rotatable bonds is 4. The van der Waals surface area contributed by atoms with Crippen molar-refractivity contribution in [2.24, 2.45) is 0 Å². The molecule has 0 bridgehead atoms. The van der Waals surface area contributed by atoms with Gasteiger partial charge in [0.2, 0.25) is 0 Å². The topological polar surface area (TPSA) is 48.8 Å². The molecule has 5 heteroatoms. The van der Waals surface area contributed by atoms with E-state index in [2.05, 4.69) is 167 Å². The highest BCUT2D eigenvalue weighted by atomic mass is 16.3. The van der Waals surface area contributed by atoms with Gasteiger partial charge in [-0.3, -0.25) is 0 Å². The molecule has 0 aliphatic carbocycles. The van der Waals surface area contributed by atoms with Crippen molar-refractivity contribution in [1.29, 1.82) is 0 Å². The van der Waals surface area contributed by atoms with E-state index in [4.69, 9.17) is 14.4 Å². The second-order valence-corrected chi connectivity index (χ2v) is 14.1. The van der Waals surface area contributed by atoms with Crippen molar-refractivity contribution in [2.45, 2.75) is 0 Å². The first-order valence-electron chi connectivity index (χ1n) is 18.6. The molecular formula is C50H30N4O. The third-order valence-electron chi connectivity index (χ3n) is 11.1. The molecule has 55 heavy (non-hydrogen) atoms. The zero-order valence-electron chi connectivity index (χ0n) is 29.5. The molecule has 0 unspecified atom stereocenters. The Kier molecular flexibility index (Phi) is 6.27. The molecule has 0 radical (unpaired) electrons. The lowest BCUT2D eigenvalue weighted by Crippen LogP contribution is -1.97. The summed E-state index contributed by atoms with van der Waals surface area (Å²) in [6.45, 7) is 0. The highest BCUT2D eigenvalue weighted by Crippen LogP contribution is 2.46.